The molecule has 1 fully saturated rings. The lowest BCUT2D eigenvalue weighted by atomic mass is 9.85. The maximum Gasteiger partial charge on any atom is 0.306 e. The lowest BCUT2D eigenvalue weighted by Crippen LogP contribution is -2.31. The topological polar surface area (TPSA) is 73.1 Å². The highest BCUT2D eigenvalue weighted by atomic mass is 19.1. The van der Waals surface area contributed by atoms with Gasteiger partial charge in [0, 0.05) is 6.04 Å². The molecule has 0 saturated heterocycles. The zero-order valence-corrected chi connectivity index (χ0v) is 10.4. The van der Waals surface area contributed by atoms with Gasteiger partial charge < -0.3 is 10.4 Å². The van der Waals surface area contributed by atoms with E-state index in [1.807, 2.05) is 6.07 Å². The minimum Gasteiger partial charge on any atom is -0.481 e. The van der Waals surface area contributed by atoms with E-state index in [0.29, 0.717) is 18.5 Å². The first-order valence-corrected chi connectivity index (χ1v) is 6.29. The first kappa shape index (κ1) is 13.3. The lowest BCUT2D eigenvalue weighted by Gasteiger charge is -2.28. The number of aliphatic carboxylic acids is 1. The van der Waals surface area contributed by atoms with Gasteiger partial charge in [0.05, 0.1) is 17.2 Å². The number of hydrogen-bond donors (Lipinski definition) is 2. The summed E-state index contributed by atoms with van der Waals surface area (Å²) in [6.45, 7) is 0. The molecule has 100 valence electrons. The maximum atomic E-state index is 13.0. The third-order valence-corrected chi connectivity index (χ3v) is 3.49. The monoisotopic (exact) mass is 262 g/mol. The molecule has 0 radical (unpaired) electrons. The Morgan fingerprint density at radius 3 is 2.95 bits per heavy atom. The Kier molecular flexibility index (Phi) is 4.00. The molecular formula is C14H15FN2O2. The summed E-state index contributed by atoms with van der Waals surface area (Å²) in [5.41, 5.74) is 0.817. The summed E-state index contributed by atoms with van der Waals surface area (Å²) in [5.74, 6) is -1.56. The molecular weight excluding hydrogens is 247 g/mol. The number of carboxylic acid groups (broad SMARTS) is 1. The predicted octanol–water partition coefficient (Wildman–Crippen LogP) is 2.75. The minimum absolute atomic E-state index is 0.0208. The van der Waals surface area contributed by atoms with E-state index in [1.54, 1.807) is 0 Å². The van der Waals surface area contributed by atoms with Crippen molar-refractivity contribution in [3.63, 3.8) is 0 Å². The van der Waals surface area contributed by atoms with Crippen LogP contribution in [0.4, 0.5) is 10.1 Å². The van der Waals surface area contributed by atoms with Crippen molar-refractivity contribution < 1.29 is 14.3 Å². The number of nitrogens with zero attached hydrogens (tertiary/aromatic N) is 1. The molecule has 2 N–H and O–H groups in total. The second-order valence-electron chi connectivity index (χ2n) is 4.84. The Morgan fingerprint density at radius 2 is 2.26 bits per heavy atom. The minimum atomic E-state index is -0.772. The molecule has 1 saturated carbocycles. The van der Waals surface area contributed by atoms with Crippen LogP contribution in [0.25, 0.3) is 0 Å². The van der Waals surface area contributed by atoms with Crippen LogP contribution in [0.15, 0.2) is 18.2 Å². The fourth-order valence-corrected chi connectivity index (χ4v) is 2.50. The van der Waals surface area contributed by atoms with Gasteiger partial charge in [-0.05, 0) is 37.5 Å². The second kappa shape index (κ2) is 5.70. The van der Waals surface area contributed by atoms with Gasteiger partial charge in [-0.15, -0.1) is 0 Å². The van der Waals surface area contributed by atoms with E-state index in [1.165, 1.54) is 18.2 Å². The van der Waals surface area contributed by atoms with Crippen LogP contribution in [0, 0.1) is 23.1 Å². The zero-order chi connectivity index (χ0) is 13.8. The highest BCUT2D eigenvalue weighted by molar-refractivity contribution is 5.70. The van der Waals surface area contributed by atoms with E-state index < -0.39 is 11.8 Å². The number of rotatable bonds is 3. The van der Waals surface area contributed by atoms with Gasteiger partial charge >= 0.3 is 5.97 Å². The molecule has 2 atom stereocenters. The Morgan fingerprint density at radius 1 is 1.47 bits per heavy atom. The number of carbonyl (C=O) groups is 1. The summed E-state index contributed by atoms with van der Waals surface area (Å²) in [6.07, 6.45) is 2.95. The van der Waals surface area contributed by atoms with Gasteiger partial charge in [-0.3, -0.25) is 4.79 Å². The van der Waals surface area contributed by atoms with Gasteiger partial charge in [0.2, 0.25) is 0 Å². The van der Waals surface area contributed by atoms with Crippen LogP contribution >= 0.6 is 0 Å². The van der Waals surface area contributed by atoms with Crippen molar-refractivity contribution in [2.24, 2.45) is 5.92 Å². The standard InChI is InChI=1S/C14H15FN2O2/c15-11-4-5-13(10(6-11)8-16)17-12-3-1-2-9(7-12)14(18)19/h4-6,9,12,17H,1-3,7H2,(H,18,19). The highest BCUT2D eigenvalue weighted by Crippen LogP contribution is 2.28. The summed E-state index contributed by atoms with van der Waals surface area (Å²) < 4.78 is 13.0. The normalized spacial score (nSPS) is 22.5. The van der Waals surface area contributed by atoms with E-state index >= 15 is 0 Å². The molecule has 2 unspecified atom stereocenters. The van der Waals surface area contributed by atoms with Crippen LogP contribution in [-0.4, -0.2) is 17.1 Å². The quantitative estimate of drug-likeness (QED) is 0.878. The Labute approximate surface area is 110 Å². The van der Waals surface area contributed by atoms with Gasteiger partial charge in [-0.2, -0.15) is 5.26 Å². The average Bonchev–Trinajstić information content (AvgIpc) is 2.41. The van der Waals surface area contributed by atoms with Crippen molar-refractivity contribution >= 4 is 11.7 Å². The van der Waals surface area contributed by atoms with Crippen molar-refractivity contribution in [3.05, 3.63) is 29.6 Å². The molecule has 1 aliphatic rings. The molecule has 2 rings (SSSR count). The van der Waals surface area contributed by atoms with Crippen LogP contribution in [0.1, 0.15) is 31.2 Å². The molecule has 0 spiro atoms. The van der Waals surface area contributed by atoms with Crippen molar-refractivity contribution in [1.29, 1.82) is 5.26 Å². The van der Waals surface area contributed by atoms with Crippen molar-refractivity contribution in [1.82, 2.24) is 0 Å². The summed E-state index contributed by atoms with van der Waals surface area (Å²) in [5, 5.41) is 21.2. The molecule has 0 bridgehead atoms. The van der Waals surface area contributed by atoms with E-state index in [0.717, 1.165) is 12.8 Å². The zero-order valence-electron chi connectivity index (χ0n) is 10.4. The number of hydrogen-bond acceptors (Lipinski definition) is 3. The van der Waals surface area contributed by atoms with Gasteiger partial charge in [-0.25, -0.2) is 4.39 Å². The van der Waals surface area contributed by atoms with Gasteiger partial charge in [0.1, 0.15) is 11.9 Å². The molecule has 0 heterocycles. The number of nitriles is 1. The number of nitrogens with one attached hydrogen (secondary N) is 1. The summed E-state index contributed by atoms with van der Waals surface area (Å²) in [4.78, 5) is 11.0. The first-order valence-electron chi connectivity index (χ1n) is 6.29. The van der Waals surface area contributed by atoms with Crippen LogP contribution in [0.3, 0.4) is 0 Å². The van der Waals surface area contributed by atoms with Crippen LogP contribution < -0.4 is 5.32 Å². The lowest BCUT2D eigenvalue weighted by molar-refractivity contribution is -0.142. The SMILES string of the molecule is N#Cc1cc(F)ccc1NC1CCCC(C(=O)O)C1. The Balaban J connectivity index is 2.09. The first-order chi connectivity index (χ1) is 9.10. The molecule has 5 heteroatoms. The molecule has 19 heavy (non-hydrogen) atoms. The van der Waals surface area contributed by atoms with Crippen LogP contribution in [-0.2, 0) is 4.79 Å². The molecule has 0 aliphatic heterocycles. The summed E-state index contributed by atoms with van der Waals surface area (Å²) >= 11 is 0. The summed E-state index contributed by atoms with van der Waals surface area (Å²) in [7, 11) is 0. The number of benzene rings is 1. The Bertz CT molecular complexity index is 525. The van der Waals surface area contributed by atoms with E-state index in [4.69, 9.17) is 10.4 Å². The molecule has 4 nitrogen and oxygen atoms in total. The average molecular weight is 262 g/mol. The van der Waals surface area contributed by atoms with E-state index in [9.17, 15) is 9.18 Å². The number of carboxylic acids is 1. The van der Waals surface area contributed by atoms with Gasteiger partial charge in [-0.1, -0.05) is 6.42 Å². The third kappa shape index (κ3) is 3.22. The van der Waals surface area contributed by atoms with Crippen LogP contribution in [0.5, 0.6) is 0 Å². The van der Waals surface area contributed by atoms with E-state index in [-0.39, 0.29) is 17.5 Å². The smallest absolute Gasteiger partial charge is 0.306 e. The van der Waals surface area contributed by atoms with Gasteiger partial charge in [0.25, 0.3) is 0 Å². The number of anilines is 1. The van der Waals surface area contributed by atoms with Crippen molar-refractivity contribution in [2.45, 2.75) is 31.7 Å². The molecule has 0 amide bonds. The third-order valence-electron chi connectivity index (χ3n) is 3.49. The molecule has 0 aromatic heterocycles. The number of halogens is 1. The van der Waals surface area contributed by atoms with Gasteiger partial charge in [0.15, 0.2) is 0 Å². The Hall–Kier alpha value is -2.09. The van der Waals surface area contributed by atoms with Crippen molar-refractivity contribution in [2.75, 3.05) is 5.32 Å². The second-order valence-corrected chi connectivity index (χ2v) is 4.84. The maximum absolute atomic E-state index is 13.0. The summed E-state index contributed by atoms with van der Waals surface area (Å²) in [6, 6.07) is 5.96. The highest BCUT2D eigenvalue weighted by Gasteiger charge is 2.27. The molecule has 1 aliphatic carbocycles. The van der Waals surface area contributed by atoms with E-state index in [2.05, 4.69) is 5.32 Å². The fraction of sp³-hybridized carbons (Fsp3) is 0.429. The van der Waals surface area contributed by atoms with Crippen molar-refractivity contribution in [3.8, 4) is 6.07 Å². The van der Waals surface area contributed by atoms with Crippen LogP contribution in [0.2, 0.25) is 0 Å². The molecule has 1 aromatic carbocycles. The fourth-order valence-electron chi connectivity index (χ4n) is 2.50. The molecule has 1 aromatic rings. The predicted molar refractivity (Wildman–Crippen MR) is 68.1 cm³/mol. The largest absolute Gasteiger partial charge is 0.481 e.